The Morgan fingerprint density at radius 2 is 1.15 bits per heavy atom. The summed E-state index contributed by atoms with van der Waals surface area (Å²) in [6.45, 7) is 0. The van der Waals surface area contributed by atoms with Crippen molar-refractivity contribution in [2.75, 3.05) is 15.6 Å². The highest BCUT2D eigenvalue weighted by molar-refractivity contribution is 8.14. The lowest BCUT2D eigenvalue weighted by atomic mass is 10.1. The highest BCUT2D eigenvalue weighted by atomic mass is 32.2. The fourth-order valence-electron chi connectivity index (χ4n) is 5.98. The number of thioether (sulfide) groups is 1. The number of nitrogens with zero attached hydrogens (tertiary/aromatic N) is 5. The predicted molar refractivity (Wildman–Crippen MR) is 219 cm³/mol. The predicted octanol–water partition coefficient (Wildman–Crippen LogP) is 9.74. The Hall–Kier alpha value is -6.58. The Balaban J connectivity index is 1.18. The zero-order valence-electron chi connectivity index (χ0n) is 29.3. The summed E-state index contributed by atoms with van der Waals surface area (Å²) in [5, 5.41) is 9.63. The monoisotopic (exact) mass is 715 g/mol. The van der Waals surface area contributed by atoms with E-state index >= 15 is 0 Å². The molecule has 3 heterocycles. The van der Waals surface area contributed by atoms with Crippen LogP contribution in [0.15, 0.2) is 150 Å². The fourth-order valence-corrected chi connectivity index (χ4v) is 6.71. The molecule has 8 nitrogen and oxygen atoms in total. The largest absolute Gasteiger partial charge is 0.481 e. The molecule has 0 saturated carbocycles. The molecule has 0 unspecified atom stereocenters. The second-order valence-electron chi connectivity index (χ2n) is 12.4. The van der Waals surface area contributed by atoms with Crippen LogP contribution in [-0.4, -0.2) is 37.0 Å². The Kier molecular flexibility index (Phi) is 10.4. The maximum atomic E-state index is 13.6. The van der Waals surface area contributed by atoms with E-state index in [4.69, 9.17) is 0 Å². The molecule has 0 radical (unpaired) electrons. The smallest absolute Gasteiger partial charge is 0.313 e. The van der Waals surface area contributed by atoms with Gasteiger partial charge in [0.2, 0.25) is 0 Å². The Morgan fingerprint density at radius 1 is 0.660 bits per heavy atom. The van der Waals surface area contributed by atoms with Gasteiger partial charge in [-0.2, -0.15) is 0 Å². The standard InChI is InChI=1S/C44H37N5O3S/c1-46-28-6-10-35(46)20-12-32-14-22-38(23-15-32)48(39-24-16-33(17-25-39)13-21-36-11-7-29-47(36)2)40-26-18-34(19-27-40)30-41-43(52)49(37-8-4-3-5-9-37)44(45-41)53-31-42(50)51/h3-30H,31H2,1-2H3,(H,50,51)/b20-12+,21-13+,41-30-. The molecule has 1 aliphatic rings. The quantitative estimate of drug-likeness (QED) is 0.135. The summed E-state index contributed by atoms with van der Waals surface area (Å²) in [5.74, 6) is -1.49. The van der Waals surface area contributed by atoms with E-state index in [-0.39, 0.29) is 17.4 Å². The van der Waals surface area contributed by atoms with E-state index in [9.17, 15) is 14.7 Å². The van der Waals surface area contributed by atoms with Gasteiger partial charge in [0.25, 0.3) is 5.91 Å². The van der Waals surface area contributed by atoms with Gasteiger partial charge in [-0.05, 0) is 108 Å². The second-order valence-corrected chi connectivity index (χ2v) is 13.4. The number of aryl methyl sites for hydroxylation is 2. The summed E-state index contributed by atoms with van der Waals surface area (Å²) >= 11 is 1.02. The number of carboxylic acid groups (broad SMARTS) is 1. The highest BCUT2D eigenvalue weighted by Crippen LogP contribution is 2.36. The van der Waals surface area contributed by atoms with Crippen molar-refractivity contribution in [3.05, 3.63) is 174 Å². The van der Waals surface area contributed by atoms with Crippen LogP contribution in [0.5, 0.6) is 0 Å². The van der Waals surface area contributed by atoms with Gasteiger partial charge in [0.15, 0.2) is 5.17 Å². The van der Waals surface area contributed by atoms with Gasteiger partial charge in [-0.25, -0.2) is 4.99 Å². The summed E-state index contributed by atoms with van der Waals surface area (Å²) in [5.41, 5.74) is 9.02. The number of benzene rings is 4. The van der Waals surface area contributed by atoms with Crippen molar-refractivity contribution in [1.82, 2.24) is 9.13 Å². The summed E-state index contributed by atoms with van der Waals surface area (Å²) < 4.78 is 4.16. The van der Waals surface area contributed by atoms with E-state index in [2.05, 4.69) is 104 Å². The van der Waals surface area contributed by atoms with E-state index < -0.39 is 5.97 Å². The number of hydrogen-bond donors (Lipinski definition) is 1. The third-order valence-electron chi connectivity index (χ3n) is 8.79. The zero-order valence-corrected chi connectivity index (χ0v) is 30.1. The first-order valence-corrected chi connectivity index (χ1v) is 18.0. The first kappa shape index (κ1) is 34.9. The number of amides is 1. The van der Waals surface area contributed by atoms with Crippen LogP contribution in [0.3, 0.4) is 0 Å². The number of amidine groups is 1. The second kappa shape index (κ2) is 15.8. The molecule has 0 fully saturated rings. The van der Waals surface area contributed by atoms with Gasteiger partial charge >= 0.3 is 5.97 Å². The van der Waals surface area contributed by atoms with Crippen LogP contribution in [0.1, 0.15) is 28.1 Å². The number of carbonyl (C=O) groups excluding carboxylic acids is 1. The van der Waals surface area contributed by atoms with E-state index in [1.807, 2.05) is 81.1 Å². The Bertz CT molecular complexity index is 2260. The minimum absolute atomic E-state index is 0.207. The maximum absolute atomic E-state index is 13.6. The van der Waals surface area contributed by atoms with Crippen LogP contribution in [-0.2, 0) is 23.7 Å². The minimum atomic E-state index is -0.979. The van der Waals surface area contributed by atoms with Crippen molar-refractivity contribution in [3.8, 4) is 0 Å². The summed E-state index contributed by atoms with van der Waals surface area (Å²) in [7, 11) is 4.06. The molecule has 9 heteroatoms. The Morgan fingerprint density at radius 3 is 1.60 bits per heavy atom. The molecule has 1 aliphatic heterocycles. The number of para-hydroxylation sites is 1. The third kappa shape index (κ3) is 8.16. The lowest BCUT2D eigenvalue weighted by molar-refractivity contribution is -0.133. The molecule has 1 N–H and O–H groups in total. The van der Waals surface area contributed by atoms with Gasteiger partial charge in [0, 0.05) is 54.9 Å². The molecule has 0 bridgehead atoms. The molecule has 6 aromatic rings. The van der Waals surface area contributed by atoms with Crippen molar-refractivity contribution in [2.24, 2.45) is 19.1 Å². The van der Waals surface area contributed by atoms with Crippen LogP contribution < -0.4 is 9.80 Å². The van der Waals surface area contributed by atoms with Crippen LogP contribution in [0.25, 0.3) is 30.4 Å². The van der Waals surface area contributed by atoms with Crippen molar-refractivity contribution < 1.29 is 14.7 Å². The topological polar surface area (TPSA) is 83.1 Å². The highest BCUT2D eigenvalue weighted by Gasteiger charge is 2.32. The van der Waals surface area contributed by atoms with Crippen molar-refractivity contribution >= 4 is 81.9 Å². The van der Waals surface area contributed by atoms with Gasteiger partial charge in [-0.1, -0.05) is 78.5 Å². The van der Waals surface area contributed by atoms with Gasteiger partial charge in [0.05, 0.1) is 11.4 Å². The van der Waals surface area contributed by atoms with Gasteiger partial charge in [-0.3, -0.25) is 14.5 Å². The number of hydrogen-bond acceptors (Lipinski definition) is 5. The molecule has 4 aromatic carbocycles. The Labute approximate surface area is 313 Å². The summed E-state index contributed by atoms with van der Waals surface area (Å²) in [6, 6.07) is 42.2. The average Bonchev–Trinajstić information content (AvgIpc) is 3.88. The van der Waals surface area contributed by atoms with E-state index in [0.717, 1.165) is 56.9 Å². The van der Waals surface area contributed by atoms with Gasteiger partial charge in [-0.15, -0.1) is 0 Å². The fraction of sp³-hybridized carbons (Fsp3) is 0.0682. The molecule has 7 rings (SSSR count). The molecule has 0 atom stereocenters. The summed E-state index contributed by atoms with van der Waals surface area (Å²) in [4.78, 5) is 33.2. The molecule has 262 valence electrons. The first-order valence-electron chi connectivity index (χ1n) is 17.1. The van der Waals surface area contributed by atoms with Crippen molar-refractivity contribution in [1.29, 1.82) is 0 Å². The van der Waals surface area contributed by atoms with Crippen LogP contribution in [0.4, 0.5) is 22.7 Å². The summed E-state index contributed by atoms with van der Waals surface area (Å²) in [6.07, 6.45) is 14.2. The van der Waals surface area contributed by atoms with Gasteiger partial charge < -0.3 is 19.1 Å². The number of aliphatic imine (C=N–C) groups is 1. The van der Waals surface area contributed by atoms with Crippen LogP contribution in [0.2, 0.25) is 0 Å². The number of carbonyl (C=O) groups is 2. The van der Waals surface area contributed by atoms with E-state index in [1.54, 1.807) is 18.2 Å². The van der Waals surface area contributed by atoms with Crippen molar-refractivity contribution in [3.63, 3.8) is 0 Å². The SMILES string of the molecule is Cn1cccc1/C=C/c1ccc(N(c2ccc(/C=C3\N=C(SCC(=O)O)N(c4ccccc4)C3=O)cc2)c2ccc(/C=C/c3cccn3C)cc2)cc1. The molecular weight excluding hydrogens is 679 g/mol. The minimum Gasteiger partial charge on any atom is -0.481 e. The number of rotatable bonds is 11. The van der Waals surface area contributed by atoms with Crippen molar-refractivity contribution in [2.45, 2.75) is 0 Å². The first-order chi connectivity index (χ1) is 25.8. The van der Waals surface area contributed by atoms with Crippen LogP contribution >= 0.6 is 11.8 Å². The number of aromatic nitrogens is 2. The maximum Gasteiger partial charge on any atom is 0.313 e. The number of anilines is 4. The molecule has 0 saturated heterocycles. The molecule has 0 spiro atoms. The molecule has 2 aromatic heterocycles. The number of carboxylic acids is 1. The lowest BCUT2D eigenvalue weighted by Gasteiger charge is -2.26. The average molecular weight is 716 g/mol. The normalized spacial score (nSPS) is 13.8. The molecular formula is C44H37N5O3S. The molecule has 53 heavy (non-hydrogen) atoms. The zero-order chi connectivity index (χ0) is 36.7. The van der Waals surface area contributed by atoms with Crippen LogP contribution in [0, 0.1) is 0 Å². The number of aliphatic carboxylic acids is 1. The third-order valence-corrected chi connectivity index (χ3v) is 9.71. The molecule has 0 aliphatic carbocycles. The lowest BCUT2D eigenvalue weighted by Crippen LogP contribution is -2.30. The molecule has 1 amide bonds. The van der Waals surface area contributed by atoms with Gasteiger partial charge in [0.1, 0.15) is 5.70 Å². The van der Waals surface area contributed by atoms with E-state index in [1.165, 1.54) is 4.90 Å². The van der Waals surface area contributed by atoms with E-state index in [0.29, 0.717) is 10.9 Å².